The summed E-state index contributed by atoms with van der Waals surface area (Å²) in [4.78, 5) is 0. The minimum Gasteiger partial charge on any atom is -0.326 e. The molecular weight excluding hydrogens is 196 g/mol. The maximum atomic E-state index is 5.61. The van der Waals surface area contributed by atoms with E-state index >= 15 is 0 Å². The van der Waals surface area contributed by atoms with E-state index in [1.165, 1.54) is 24.0 Å². The van der Waals surface area contributed by atoms with Crippen molar-refractivity contribution in [1.29, 1.82) is 0 Å². The van der Waals surface area contributed by atoms with Crippen molar-refractivity contribution in [3.8, 4) is 0 Å². The number of hydrogen-bond acceptors (Lipinski definition) is 2. The molecule has 0 spiro atoms. The molecule has 0 fully saturated rings. The fourth-order valence-corrected chi connectivity index (χ4v) is 1.73. The van der Waals surface area contributed by atoms with Crippen LogP contribution in [0.4, 0.5) is 0 Å². The van der Waals surface area contributed by atoms with Gasteiger partial charge in [-0.05, 0) is 36.4 Å². The number of nitrogens with one attached hydrogen (secondary N) is 1. The number of rotatable bonds is 7. The Labute approximate surface area is 99.2 Å². The highest BCUT2D eigenvalue weighted by atomic mass is 14.8. The molecule has 3 N–H and O–H groups in total. The van der Waals surface area contributed by atoms with Gasteiger partial charge in [0.1, 0.15) is 0 Å². The highest BCUT2D eigenvalue weighted by molar-refractivity contribution is 5.23. The maximum absolute atomic E-state index is 5.61. The summed E-state index contributed by atoms with van der Waals surface area (Å²) >= 11 is 0. The molecule has 2 nitrogen and oxygen atoms in total. The van der Waals surface area contributed by atoms with E-state index in [1.54, 1.807) is 0 Å². The lowest BCUT2D eigenvalue weighted by atomic mass is 10.1. The highest BCUT2D eigenvalue weighted by Gasteiger charge is 1.96. The zero-order chi connectivity index (χ0) is 11.8. The first-order chi connectivity index (χ1) is 7.72. The zero-order valence-corrected chi connectivity index (χ0v) is 10.5. The van der Waals surface area contributed by atoms with Crippen LogP contribution in [-0.4, -0.2) is 6.54 Å². The Bertz CT molecular complexity index is 295. The molecule has 0 radical (unpaired) electrons. The average Bonchev–Trinajstić information content (AvgIpc) is 2.28. The third-order valence-electron chi connectivity index (χ3n) is 2.69. The first kappa shape index (κ1) is 13.2. The summed E-state index contributed by atoms with van der Waals surface area (Å²) in [6, 6.07) is 8.47. The molecule has 0 atom stereocenters. The zero-order valence-electron chi connectivity index (χ0n) is 10.5. The molecule has 16 heavy (non-hydrogen) atoms. The van der Waals surface area contributed by atoms with E-state index in [4.69, 9.17) is 5.73 Å². The third-order valence-corrected chi connectivity index (χ3v) is 2.69. The van der Waals surface area contributed by atoms with E-state index in [0.717, 1.165) is 19.0 Å². The van der Waals surface area contributed by atoms with E-state index in [-0.39, 0.29) is 0 Å². The second-order valence-electron chi connectivity index (χ2n) is 4.74. The first-order valence-corrected chi connectivity index (χ1v) is 6.21. The quantitative estimate of drug-likeness (QED) is 0.693. The van der Waals surface area contributed by atoms with Crippen molar-refractivity contribution in [2.45, 2.75) is 39.8 Å². The fraction of sp³-hybridized carbons (Fsp3) is 0.571. The molecule has 0 saturated heterocycles. The van der Waals surface area contributed by atoms with Gasteiger partial charge in [-0.3, -0.25) is 0 Å². The van der Waals surface area contributed by atoms with E-state index in [9.17, 15) is 0 Å². The normalized spacial score (nSPS) is 11.0. The Balaban J connectivity index is 2.21. The highest BCUT2D eigenvalue weighted by Crippen LogP contribution is 2.05. The molecule has 90 valence electrons. The van der Waals surface area contributed by atoms with Crippen molar-refractivity contribution in [2.75, 3.05) is 6.54 Å². The van der Waals surface area contributed by atoms with Crippen molar-refractivity contribution < 1.29 is 0 Å². The molecule has 0 saturated carbocycles. The van der Waals surface area contributed by atoms with Gasteiger partial charge in [-0.25, -0.2) is 0 Å². The molecule has 2 heteroatoms. The summed E-state index contributed by atoms with van der Waals surface area (Å²) in [5.41, 5.74) is 8.14. The standard InChI is InChI=1S/C14H24N2/c1-12(2)5-4-8-16-11-14-7-3-6-13(9-14)10-15/h3,6-7,9,12,16H,4-5,8,10-11,15H2,1-2H3. The predicted molar refractivity (Wildman–Crippen MR) is 70.1 cm³/mol. The van der Waals surface area contributed by atoms with E-state index < -0.39 is 0 Å². The molecule has 1 rings (SSSR count). The van der Waals surface area contributed by atoms with Gasteiger partial charge >= 0.3 is 0 Å². The van der Waals surface area contributed by atoms with Gasteiger partial charge in [-0.15, -0.1) is 0 Å². The monoisotopic (exact) mass is 220 g/mol. The van der Waals surface area contributed by atoms with Gasteiger partial charge in [0.05, 0.1) is 0 Å². The molecule has 1 aromatic rings. The summed E-state index contributed by atoms with van der Waals surface area (Å²) in [5, 5.41) is 3.47. The number of nitrogens with two attached hydrogens (primary N) is 1. The molecule has 0 aliphatic heterocycles. The Kier molecular flexibility index (Phi) is 6.12. The molecule has 1 aromatic carbocycles. The molecule has 0 aliphatic carbocycles. The Morgan fingerprint density at radius 1 is 1.25 bits per heavy atom. The van der Waals surface area contributed by atoms with Gasteiger partial charge in [0.25, 0.3) is 0 Å². The lowest BCUT2D eigenvalue weighted by Gasteiger charge is -2.07. The van der Waals surface area contributed by atoms with E-state index in [1.807, 2.05) is 0 Å². The SMILES string of the molecule is CC(C)CCCNCc1cccc(CN)c1. The Morgan fingerprint density at radius 3 is 2.69 bits per heavy atom. The number of hydrogen-bond donors (Lipinski definition) is 2. The molecule has 0 unspecified atom stereocenters. The van der Waals surface area contributed by atoms with Crippen LogP contribution < -0.4 is 11.1 Å². The summed E-state index contributed by atoms with van der Waals surface area (Å²) in [7, 11) is 0. The van der Waals surface area contributed by atoms with Gasteiger partial charge in [-0.2, -0.15) is 0 Å². The Hall–Kier alpha value is -0.860. The third kappa shape index (κ3) is 5.29. The topological polar surface area (TPSA) is 38.0 Å². The van der Waals surface area contributed by atoms with Crippen LogP contribution in [0.2, 0.25) is 0 Å². The van der Waals surface area contributed by atoms with Gasteiger partial charge in [0, 0.05) is 13.1 Å². The summed E-state index contributed by atoms with van der Waals surface area (Å²) in [6.07, 6.45) is 2.56. The fourth-order valence-electron chi connectivity index (χ4n) is 1.73. The number of benzene rings is 1. The second kappa shape index (κ2) is 7.42. The summed E-state index contributed by atoms with van der Waals surface area (Å²) < 4.78 is 0. The summed E-state index contributed by atoms with van der Waals surface area (Å²) in [5.74, 6) is 0.808. The van der Waals surface area contributed by atoms with Crippen LogP contribution in [0.1, 0.15) is 37.8 Å². The van der Waals surface area contributed by atoms with Crippen LogP contribution in [0.15, 0.2) is 24.3 Å². The van der Waals surface area contributed by atoms with E-state index in [2.05, 4.69) is 43.4 Å². The van der Waals surface area contributed by atoms with Gasteiger partial charge in [-0.1, -0.05) is 38.1 Å². The second-order valence-corrected chi connectivity index (χ2v) is 4.74. The van der Waals surface area contributed by atoms with Crippen LogP contribution in [0.5, 0.6) is 0 Å². The van der Waals surface area contributed by atoms with Crippen LogP contribution >= 0.6 is 0 Å². The Morgan fingerprint density at radius 2 is 2.00 bits per heavy atom. The molecule has 0 amide bonds. The van der Waals surface area contributed by atoms with Crippen LogP contribution in [0.3, 0.4) is 0 Å². The molecule has 0 aliphatic rings. The first-order valence-electron chi connectivity index (χ1n) is 6.21. The van der Waals surface area contributed by atoms with E-state index in [0.29, 0.717) is 6.54 Å². The molecule has 0 heterocycles. The van der Waals surface area contributed by atoms with Crippen molar-refractivity contribution in [3.63, 3.8) is 0 Å². The minimum absolute atomic E-state index is 0.626. The van der Waals surface area contributed by atoms with Crippen molar-refractivity contribution in [1.82, 2.24) is 5.32 Å². The average molecular weight is 220 g/mol. The smallest absolute Gasteiger partial charge is 0.0205 e. The van der Waals surface area contributed by atoms with Gasteiger partial charge in [0.15, 0.2) is 0 Å². The molecule has 0 bridgehead atoms. The van der Waals surface area contributed by atoms with Crippen molar-refractivity contribution >= 4 is 0 Å². The van der Waals surface area contributed by atoms with Crippen molar-refractivity contribution in [3.05, 3.63) is 35.4 Å². The minimum atomic E-state index is 0.626. The van der Waals surface area contributed by atoms with Crippen LogP contribution in [-0.2, 0) is 13.1 Å². The van der Waals surface area contributed by atoms with Gasteiger partial charge < -0.3 is 11.1 Å². The van der Waals surface area contributed by atoms with Crippen LogP contribution in [0.25, 0.3) is 0 Å². The molecular formula is C14H24N2. The van der Waals surface area contributed by atoms with Gasteiger partial charge in [0.2, 0.25) is 0 Å². The maximum Gasteiger partial charge on any atom is 0.0205 e. The lowest BCUT2D eigenvalue weighted by molar-refractivity contribution is 0.527. The van der Waals surface area contributed by atoms with Crippen LogP contribution in [0, 0.1) is 5.92 Å². The van der Waals surface area contributed by atoms with Crippen molar-refractivity contribution in [2.24, 2.45) is 11.7 Å². The molecule has 0 aromatic heterocycles. The lowest BCUT2D eigenvalue weighted by Crippen LogP contribution is -2.15. The summed E-state index contributed by atoms with van der Waals surface area (Å²) in [6.45, 7) is 7.22. The predicted octanol–water partition coefficient (Wildman–Crippen LogP) is 2.67. The largest absolute Gasteiger partial charge is 0.326 e.